The van der Waals surface area contributed by atoms with Crippen LogP contribution in [-0.2, 0) is 14.8 Å². The summed E-state index contributed by atoms with van der Waals surface area (Å²) in [6.45, 7) is 9.19. The smallest absolute Gasteiger partial charge is 0.357 e. The number of hydrogen-bond acceptors (Lipinski definition) is 8. The Balaban J connectivity index is 1.66. The molecule has 0 aliphatic carbocycles. The van der Waals surface area contributed by atoms with Crippen molar-refractivity contribution in [2.75, 3.05) is 51.3 Å². The Morgan fingerprint density at radius 1 is 1.13 bits per heavy atom. The molecule has 1 saturated heterocycles. The maximum atomic E-state index is 13.2. The monoisotopic (exact) mass is 576 g/mol. The van der Waals surface area contributed by atoms with Crippen molar-refractivity contribution < 1.29 is 17.9 Å². The van der Waals surface area contributed by atoms with Gasteiger partial charge in [0.05, 0.1) is 11.5 Å². The zero-order valence-corrected chi connectivity index (χ0v) is 24.5. The van der Waals surface area contributed by atoms with E-state index >= 15 is 0 Å². The van der Waals surface area contributed by atoms with Gasteiger partial charge in [-0.1, -0.05) is 36.7 Å². The number of carbonyl (C=O) groups is 1. The molecule has 204 valence electrons. The lowest BCUT2D eigenvalue weighted by Crippen LogP contribution is -2.47. The number of carbonyl (C=O) groups excluding carboxylic acids is 1. The maximum Gasteiger partial charge on any atom is 0.357 e. The highest BCUT2D eigenvalue weighted by Gasteiger charge is 2.28. The Hall–Kier alpha value is -2.50. The molecule has 0 saturated carbocycles. The first-order valence-electron chi connectivity index (χ1n) is 12.6. The number of aromatic nitrogens is 1. The number of benzene rings is 2. The van der Waals surface area contributed by atoms with Crippen LogP contribution in [0.5, 0.6) is 0 Å². The summed E-state index contributed by atoms with van der Waals surface area (Å²) in [6.07, 6.45) is 0.873. The van der Waals surface area contributed by atoms with Gasteiger partial charge in [0.15, 0.2) is 10.8 Å². The first-order valence-corrected chi connectivity index (χ1v) is 15.3. The molecule has 0 unspecified atom stereocenters. The summed E-state index contributed by atoms with van der Waals surface area (Å²) in [5.74, 6) is -0.435. The van der Waals surface area contributed by atoms with Gasteiger partial charge in [0.25, 0.3) is 0 Å². The zero-order valence-electron chi connectivity index (χ0n) is 22.1. The number of nitrogens with zero attached hydrogens (tertiary/aromatic N) is 4. The van der Waals surface area contributed by atoms with Crippen LogP contribution in [0.3, 0.4) is 0 Å². The zero-order chi connectivity index (χ0) is 27.4. The van der Waals surface area contributed by atoms with Gasteiger partial charge >= 0.3 is 5.97 Å². The Bertz CT molecular complexity index is 1400. The molecule has 11 heteroatoms. The van der Waals surface area contributed by atoms with E-state index in [0.29, 0.717) is 55.2 Å². The molecule has 1 fully saturated rings. The third-order valence-electron chi connectivity index (χ3n) is 6.51. The number of ether oxygens (including phenoxy) is 1. The second-order valence-corrected chi connectivity index (χ2v) is 12.4. The predicted molar refractivity (Wildman–Crippen MR) is 153 cm³/mol. The minimum atomic E-state index is -3.62. The van der Waals surface area contributed by atoms with Crippen molar-refractivity contribution in [2.45, 2.75) is 32.1 Å². The molecule has 38 heavy (non-hydrogen) atoms. The Morgan fingerprint density at radius 3 is 2.53 bits per heavy atom. The van der Waals surface area contributed by atoms with Crippen LogP contribution in [0.1, 0.15) is 36.3 Å². The molecule has 1 aliphatic rings. The molecule has 0 spiro atoms. The van der Waals surface area contributed by atoms with Crippen molar-refractivity contribution >= 4 is 49.7 Å². The van der Waals surface area contributed by atoms with Crippen LogP contribution in [0, 0.1) is 6.92 Å². The third kappa shape index (κ3) is 6.05. The first-order chi connectivity index (χ1) is 18.1. The van der Waals surface area contributed by atoms with Crippen molar-refractivity contribution in [3.05, 3.63) is 58.1 Å². The fraction of sp³-hybridized carbons (Fsp3) is 0.407. The molecule has 1 aliphatic heterocycles. The Kier molecular flexibility index (Phi) is 9.10. The molecule has 4 rings (SSSR count). The maximum absolute atomic E-state index is 13.2. The number of aryl methyl sites for hydroxylation is 1. The lowest BCUT2D eigenvalue weighted by Gasteiger charge is -2.31. The number of halogens is 1. The molecule has 1 aromatic heterocycles. The summed E-state index contributed by atoms with van der Waals surface area (Å²) in [5.41, 5.74) is 3.89. The average Bonchev–Trinajstić information content (AvgIpc) is 3.38. The summed E-state index contributed by atoms with van der Waals surface area (Å²) < 4.78 is 33.0. The molecule has 2 heterocycles. The number of sulfonamides is 1. The van der Waals surface area contributed by atoms with Gasteiger partial charge in [-0.3, -0.25) is 0 Å². The van der Waals surface area contributed by atoms with E-state index < -0.39 is 16.0 Å². The number of esters is 1. The highest BCUT2D eigenvalue weighted by molar-refractivity contribution is 7.89. The van der Waals surface area contributed by atoms with E-state index in [1.165, 1.54) is 15.6 Å². The molecule has 0 N–H and O–H groups in total. The van der Waals surface area contributed by atoms with Crippen LogP contribution in [0.25, 0.3) is 11.1 Å². The summed E-state index contributed by atoms with van der Waals surface area (Å²) in [5, 5.41) is 2.79. The predicted octanol–water partition coefficient (Wildman–Crippen LogP) is 5.43. The van der Waals surface area contributed by atoms with Crippen LogP contribution >= 0.6 is 22.9 Å². The molecular weight excluding hydrogens is 544 g/mol. The van der Waals surface area contributed by atoms with Gasteiger partial charge in [-0.15, -0.1) is 11.3 Å². The first kappa shape index (κ1) is 28.5. The van der Waals surface area contributed by atoms with E-state index in [0.717, 1.165) is 28.8 Å². The SMILES string of the molecule is CCCN(c1nc(C(=O)OCC)cs1)c1cc(-c2ccc(S(=O)(=O)N3CCN(C)CC3)cc2Cl)ccc1C. The molecule has 0 bridgehead atoms. The van der Waals surface area contributed by atoms with Gasteiger partial charge in [-0.2, -0.15) is 4.31 Å². The molecule has 2 aromatic carbocycles. The number of rotatable bonds is 9. The molecule has 0 atom stereocenters. The second kappa shape index (κ2) is 12.1. The minimum Gasteiger partial charge on any atom is -0.461 e. The normalized spacial score (nSPS) is 15.0. The van der Waals surface area contributed by atoms with Crippen molar-refractivity contribution in [1.82, 2.24) is 14.2 Å². The Labute approximate surface area is 233 Å². The van der Waals surface area contributed by atoms with Gasteiger partial charge in [0.1, 0.15) is 0 Å². The summed E-state index contributed by atoms with van der Waals surface area (Å²) >= 11 is 8.08. The fourth-order valence-corrected chi connectivity index (χ4v) is 7.00. The van der Waals surface area contributed by atoms with E-state index in [9.17, 15) is 13.2 Å². The molecule has 8 nitrogen and oxygen atoms in total. The van der Waals surface area contributed by atoms with Crippen LogP contribution in [-0.4, -0.2) is 75.0 Å². The van der Waals surface area contributed by atoms with Crippen molar-refractivity contribution in [1.29, 1.82) is 0 Å². The number of hydrogen-bond donors (Lipinski definition) is 0. The fourth-order valence-electron chi connectivity index (χ4n) is 4.37. The topological polar surface area (TPSA) is 83.0 Å². The highest BCUT2D eigenvalue weighted by atomic mass is 35.5. The number of thiazole rings is 1. The average molecular weight is 577 g/mol. The van der Waals surface area contributed by atoms with Gasteiger partial charge in [-0.25, -0.2) is 18.2 Å². The molecule has 0 radical (unpaired) electrons. The van der Waals surface area contributed by atoms with Crippen LogP contribution in [0.15, 0.2) is 46.7 Å². The Morgan fingerprint density at radius 2 is 1.87 bits per heavy atom. The van der Waals surface area contributed by atoms with Gasteiger partial charge in [0, 0.05) is 54.4 Å². The van der Waals surface area contributed by atoms with Gasteiger partial charge in [-0.05, 0) is 56.6 Å². The number of piperazine rings is 1. The summed E-state index contributed by atoms with van der Waals surface area (Å²) in [4.78, 5) is 21.1. The van der Waals surface area contributed by atoms with Crippen LogP contribution in [0.2, 0.25) is 5.02 Å². The quantitative estimate of drug-likeness (QED) is 0.314. The van der Waals surface area contributed by atoms with E-state index in [1.54, 1.807) is 30.5 Å². The molecular formula is C27H33ClN4O4S2. The van der Waals surface area contributed by atoms with E-state index in [-0.39, 0.29) is 4.90 Å². The summed E-state index contributed by atoms with van der Waals surface area (Å²) in [7, 11) is -1.63. The third-order valence-corrected chi connectivity index (χ3v) is 9.58. The van der Waals surface area contributed by atoms with Gasteiger partial charge < -0.3 is 14.5 Å². The minimum absolute atomic E-state index is 0.199. The standard InChI is InChI=1S/C27H33ClN4O4S2/c1-5-11-32(27-29-24(18-37-27)26(33)36-6-2)25-16-20(8-7-19(25)3)22-10-9-21(17-23(22)28)38(34,35)31-14-12-30(4)13-15-31/h7-10,16-18H,5-6,11-15H2,1-4H3. The van der Waals surface area contributed by atoms with Gasteiger partial charge in [0.2, 0.25) is 10.0 Å². The van der Waals surface area contributed by atoms with Crippen LogP contribution < -0.4 is 4.90 Å². The number of anilines is 2. The van der Waals surface area contributed by atoms with Crippen LogP contribution in [0.4, 0.5) is 10.8 Å². The van der Waals surface area contributed by atoms with E-state index in [4.69, 9.17) is 16.3 Å². The van der Waals surface area contributed by atoms with E-state index in [1.807, 2.05) is 32.2 Å². The van der Waals surface area contributed by atoms with Crippen molar-refractivity contribution in [3.63, 3.8) is 0 Å². The number of likely N-dealkylation sites (N-methyl/N-ethyl adjacent to an activating group) is 1. The highest BCUT2D eigenvalue weighted by Crippen LogP contribution is 2.37. The lowest BCUT2D eigenvalue weighted by atomic mass is 10.0. The largest absolute Gasteiger partial charge is 0.461 e. The molecule has 3 aromatic rings. The molecule has 0 amide bonds. The van der Waals surface area contributed by atoms with Crippen molar-refractivity contribution in [2.24, 2.45) is 0 Å². The lowest BCUT2D eigenvalue weighted by molar-refractivity contribution is 0.0520. The summed E-state index contributed by atoms with van der Waals surface area (Å²) in [6, 6.07) is 11.0. The second-order valence-electron chi connectivity index (χ2n) is 9.24. The van der Waals surface area contributed by atoms with Crippen molar-refractivity contribution in [3.8, 4) is 11.1 Å². The van der Waals surface area contributed by atoms with E-state index in [2.05, 4.69) is 21.7 Å².